The molecule has 1 rings (SSSR count). The summed E-state index contributed by atoms with van der Waals surface area (Å²) in [4.78, 5) is 13.9. The van der Waals surface area contributed by atoms with Crippen molar-refractivity contribution >= 4 is 18.0 Å². The molecule has 4 heteroatoms. The summed E-state index contributed by atoms with van der Waals surface area (Å²) in [5.74, 6) is -0.442. The van der Waals surface area contributed by atoms with E-state index in [1.807, 2.05) is 0 Å². The lowest BCUT2D eigenvalue weighted by Gasteiger charge is -1.96. The molecule has 1 aromatic heterocycles. The first kappa shape index (κ1) is 8.20. The Morgan fingerprint density at radius 1 is 1.73 bits per heavy atom. The highest BCUT2D eigenvalue weighted by Crippen LogP contribution is 2.15. The summed E-state index contributed by atoms with van der Waals surface area (Å²) in [5.41, 5.74) is 0.264. The summed E-state index contributed by atoms with van der Waals surface area (Å²) in [6, 6.07) is 1.17. The van der Waals surface area contributed by atoms with Crippen LogP contribution in [0.3, 0.4) is 0 Å². The summed E-state index contributed by atoms with van der Waals surface area (Å²) in [7, 11) is 0. The highest BCUT2D eigenvalue weighted by molar-refractivity contribution is 7.98. The van der Waals surface area contributed by atoms with Gasteiger partial charge in [0.1, 0.15) is 5.03 Å². The van der Waals surface area contributed by atoms with Crippen LogP contribution >= 0.6 is 11.8 Å². The van der Waals surface area contributed by atoms with Crippen LogP contribution in [0.4, 0.5) is 4.39 Å². The molecule has 0 fully saturated rings. The predicted molar refractivity (Wildman–Crippen MR) is 41.4 cm³/mol. The van der Waals surface area contributed by atoms with E-state index in [-0.39, 0.29) is 5.56 Å². The lowest BCUT2D eigenvalue weighted by Crippen LogP contribution is -1.89. The molecule has 0 saturated carbocycles. The first-order valence-electron chi connectivity index (χ1n) is 2.92. The molecular formula is C7H6FNOS. The molecule has 0 aliphatic carbocycles. The molecule has 0 unspecified atom stereocenters. The minimum absolute atomic E-state index is 0.264. The number of thioether (sulfide) groups is 1. The van der Waals surface area contributed by atoms with Crippen molar-refractivity contribution in [3.05, 3.63) is 23.6 Å². The summed E-state index contributed by atoms with van der Waals surface area (Å²) in [6.45, 7) is 0. The topological polar surface area (TPSA) is 30.0 Å². The molecule has 58 valence electrons. The lowest BCUT2D eigenvalue weighted by molar-refractivity contribution is 0.112. The van der Waals surface area contributed by atoms with Gasteiger partial charge in [-0.1, -0.05) is 0 Å². The number of nitrogens with zero attached hydrogens (tertiary/aromatic N) is 1. The second-order valence-corrected chi connectivity index (χ2v) is 2.67. The van der Waals surface area contributed by atoms with Crippen molar-refractivity contribution in [2.24, 2.45) is 0 Å². The molecule has 0 radical (unpaired) electrons. The van der Waals surface area contributed by atoms with Crippen LogP contribution in [-0.4, -0.2) is 17.5 Å². The van der Waals surface area contributed by atoms with E-state index in [0.717, 1.165) is 0 Å². The molecule has 1 heterocycles. The van der Waals surface area contributed by atoms with Crippen LogP contribution in [0.25, 0.3) is 0 Å². The number of carbonyl (C=O) groups excluding carboxylic acids is 1. The SMILES string of the molecule is CSc1ncc(C=O)cc1F. The van der Waals surface area contributed by atoms with Gasteiger partial charge in [-0.15, -0.1) is 11.8 Å². The molecule has 0 saturated heterocycles. The van der Waals surface area contributed by atoms with Gasteiger partial charge < -0.3 is 0 Å². The van der Waals surface area contributed by atoms with Crippen molar-refractivity contribution in [3.8, 4) is 0 Å². The maximum Gasteiger partial charge on any atom is 0.156 e. The highest BCUT2D eigenvalue weighted by Gasteiger charge is 2.02. The number of aldehydes is 1. The molecule has 0 aromatic carbocycles. The maximum atomic E-state index is 12.8. The van der Waals surface area contributed by atoms with E-state index in [4.69, 9.17) is 0 Å². The van der Waals surface area contributed by atoms with Gasteiger partial charge in [-0.25, -0.2) is 9.37 Å². The molecule has 0 aliphatic heterocycles. The Kier molecular flexibility index (Phi) is 2.59. The summed E-state index contributed by atoms with van der Waals surface area (Å²) in [5, 5.41) is 0.315. The molecule has 0 spiro atoms. The van der Waals surface area contributed by atoms with Gasteiger partial charge in [0.15, 0.2) is 12.1 Å². The Bertz CT molecular complexity index is 277. The minimum atomic E-state index is -0.442. The largest absolute Gasteiger partial charge is 0.298 e. The molecule has 0 aliphatic rings. The van der Waals surface area contributed by atoms with E-state index in [9.17, 15) is 9.18 Å². The van der Waals surface area contributed by atoms with Crippen LogP contribution in [0, 0.1) is 5.82 Å². The van der Waals surface area contributed by atoms with Crippen molar-refractivity contribution in [1.82, 2.24) is 4.98 Å². The van der Waals surface area contributed by atoms with Crippen LogP contribution < -0.4 is 0 Å². The van der Waals surface area contributed by atoms with Gasteiger partial charge in [0, 0.05) is 11.8 Å². The Balaban J connectivity index is 3.09. The quantitative estimate of drug-likeness (QED) is 0.501. The van der Waals surface area contributed by atoms with E-state index in [1.165, 1.54) is 24.0 Å². The minimum Gasteiger partial charge on any atom is -0.298 e. The number of pyridine rings is 1. The molecule has 0 amide bonds. The Morgan fingerprint density at radius 2 is 2.45 bits per heavy atom. The van der Waals surface area contributed by atoms with Crippen molar-refractivity contribution in [2.75, 3.05) is 6.26 Å². The lowest BCUT2D eigenvalue weighted by atomic mass is 10.3. The first-order valence-corrected chi connectivity index (χ1v) is 4.15. The fourth-order valence-electron chi connectivity index (χ4n) is 0.655. The van der Waals surface area contributed by atoms with Crippen LogP contribution in [0.15, 0.2) is 17.3 Å². The number of carbonyl (C=O) groups is 1. The standard InChI is InChI=1S/C7H6FNOS/c1-11-7-6(8)2-5(4-10)3-9-7/h2-4H,1H3. The number of halogens is 1. The number of hydrogen-bond acceptors (Lipinski definition) is 3. The van der Waals surface area contributed by atoms with Gasteiger partial charge in [-0.3, -0.25) is 4.79 Å². The third kappa shape index (κ3) is 1.77. The highest BCUT2D eigenvalue weighted by atomic mass is 32.2. The normalized spacial score (nSPS) is 9.64. The molecule has 2 nitrogen and oxygen atoms in total. The third-order valence-electron chi connectivity index (χ3n) is 1.16. The monoisotopic (exact) mass is 171 g/mol. The number of aromatic nitrogens is 1. The zero-order chi connectivity index (χ0) is 8.27. The smallest absolute Gasteiger partial charge is 0.156 e. The fraction of sp³-hybridized carbons (Fsp3) is 0.143. The summed E-state index contributed by atoms with van der Waals surface area (Å²) < 4.78 is 12.8. The maximum absolute atomic E-state index is 12.8. The van der Waals surface area contributed by atoms with Crippen molar-refractivity contribution in [2.45, 2.75) is 5.03 Å². The Morgan fingerprint density at radius 3 is 2.91 bits per heavy atom. The molecular weight excluding hydrogens is 165 g/mol. The van der Waals surface area contributed by atoms with Gasteiger partial charge in [0.25, 0.3) is 0 Å². The van der Waals surface area contributed by atoms with E-state index >= 15 is 0 Å². The van der Waals surface area contributed by atoms with Crippen molar-refractivity contribution in [1.29, 1.82) is 0 Å². The van der Waals surface area contributed by atoms with Crippen LogP contribution in [0.2, 0.25) is 0 Å². The van der Waals surface area contributed by atoms with Crippen molar-refractivity contribution < 1.29 is 9.18 Å². The molecule has 11 heavy (non-hydrogen) atoms. The van der Waals surface area contributed by atoms with Gasteiger partial charge in [0.05, 0.1) is 0 Å². The number of hydrogen-bond donors (Lipinski definition) is 0. The van der Waals surface area contributed by atoms with Crippen LogP contribution in [-0.2, 0) is 0 Å². The third-order valence-corrected chi connectivity index (χ3v) is 1.85. The predicted octanol–water partition coefficient (Wildman–Crippen LogP) is 1.76. The Hall–Kier alpha value is -0.900. The summed E-state index contributed by atoms with van der Waals surface area (Å²) >= 11 is 1.21. The molecule has 0 N–H and O–H groups in total. The fourth-order valence-corrected chi connectivity index (χ4v) is 1.07. The zero-order valence-electron chi connectivity index (χ0n) is 5.87. The van der Waals surface area contributed by atoms with Gasteiger partial charge in [-0.2, -0.15) is 0 Å². The van der Waals surface area contributed by atoms with Crippen LogP contribution in [0.1, 0.15) is 10.4 Å². The van der Waals surface area contributed by atoms with Gasteiger partial charge >= 0.3 is 0 Å². The van der Waals surface area contributed by atoms with E-state index in [0.29, 0.717) is 11.3 Å². The average Bonchev–Trinajstić information content (AvgIpc) is 2.04. The van der Waals surface area contributed by atoms with Gasteiger partial charge in [-0.05, 0) is 12.3 Å². The number of rotatable bonds is 2. The molecule has 0 bridgehead atoms. The van der Waals surface area contributed by atoms with Crippen molar-refractivity contribution in [3.63, 3.8) is 0 Å². The van der Waals surface area contributed by atoms with E-state index in [1.54, 1.807) is 6.26 Å². The zero-order valence-corrected chi connectivity index (χ0v) is 6.69. The average molecular weight is 171 g/mol. The Labute approximate surface area is 67.8 Å². The second-order valence-electron chi connectivity index (χ2n) is 1.88. The molecule has 0 atom stereocenters. The molecule has 1 aromatic rings. The first-order chi connectivity index (χ1) is 5.27. The van der Waals surface area contributed by atoms with Gasteiger partial charge in [0.2, 0.25) is 0 Å². The summed E-state index contributed by atoms with van der Waals surface area (Å²) in [6.07, 6.45) is 3.65. The van der Waals surface area contributed by atoms with E-state index in [2.05, 4.69) is 4.98 Å². The van der Waals surface area contributed by atoms with Crippen LogP contribution in [0.5, 0.6) is 0 Å². The second kappa shape index (κ2) is 3.48. The van der Waals surface area contributed by atoms with E-state index < -0.39 is 5.82 Å².